The second-order valence-corrected chi connectivity index (χ2v) is 4.56. The summed E-state index contributed by atoms with van der Waals surface area (Å²) in [7, 11) is 0. The second kappa shape index (κ2) is 7.89. The van der Waals surface area contributed by atoms with Gasteiger partial charge in [-0.3, -0.25) is 9.59 Å². The van der Waals surface area contributed by atoms with Gasteiger partial charge in [-0.05, 0) is 41.1 Å². The van der Waals surface area contributed by atoms with Crippen molar-refractivity contribution in [2.24, 2.45) is 0 Å². The van der Waals surface area contributed by atoms with E-state index in [1.54, 1.807) is 6.92 Å². The van der Waals surface area contributed by atoms with Crippen LogP contribution >= 0.6 is 15.9 Å². The molecule has 0 radical (unpaired) electrons. The third-order valence-corrected chi connectivity index (χ3v) is 2.81. The first-order valence-corrected chi connectivity index (χ1v) is 6.57. The van der Waals surface area contributed by atoms with Gasteiger partial charge in [0.05, 0.1) is 17.5 Å². The fraction of sp³-hybridized carbons (Fsp3) is 0.385. The Morgan fingerprint density at radius 1 is 1.32 bits per heavy atom. The average Bonchev–Trinajstić information content (AvgIpc) is 2.38. The minimum atomic E-state index is -0.402. The summed E-state index contributed by atoms with van der Waals surface area (Å²) in [6, 6.07) is 4.11. The SMILES string of the molecule is CCOC(=O)CCC(=O)COc1ccc(F)c(Br)c1. The van der Waals surface area contributed by atoms with E-state index in [0.717, 1.165) is 0 Å². The molecule has 0 spiro atoms. The van der Waals surface area contributed by atoms with Crippen molar-refractivity contribution in [1.82, 2.24) is 0 Å². The van der Waals surface area contributed by atoms with Gasteiger partial charge in [0.2, 0.25) is 0 Å². The maximum Gasteiger partial charge on any atom is 0.306 e. The van der Waals surface area contributed by atoms with Gasteiger partial charge < -0.3 is 9.47 Å². The first-order valence-electron chi connectivity index (χ1n) is 5.78. The fourth-order valence-corrected chi connectivity index (χ4v) is 1.64. The molecule has 0 aliphatic carbocycles. The average molecular weight is 333 g/mol. The lowest BCUT2D eigenvalue weighted by Gasteiger charge is -2.06. The highest BCUT2D eigenvalue weighted by Crippen LogP contribution is 2.21. The molecule has 0 amide bonds. The number of esters is 1. The zero-order chi connectivity index (χ0) is 14.3. The first-order chi connectivity index (χ1) is 9.02. The van der Waals surface area contributed by atoms with Crippen LogP contribution in [0.1, 0.15) is 19.8 Å². The van der Waals surface area contributed by atoms with Crippen LogP contribution in [0, 0.1) is 5.82 Å². The van der Waals surface area contributed by atoms with E-state index in [9.17, 15) is 14.0 Å². The summed E-state index contributed by atoms with van der Waals surface area (Å²) >= 11 is 3.02. The van der Waals surface area contributed by atoms with Crippen LogP contribution in [0.3, 0.4) is 0 Å². The van der Waals surface area contributed by atoms with Crippen LogP contribution in [0.25, 0.3) is 0 Å². The van der Waals surface area contributed by atoms with E-state index < -0.39 is 11.8 Å². The predicted molar refractivity (Wildman–Crippen MR) is 70.5 cm³/mol. The topological polar surface area (TPSA) is 52.6 Å². The number of hydrogen-bond donors (Lipinski definition) is 0. The molecule has 0 fully saturated rings. The van der Waals surface area contributed by atoms with Crippen LogP contribution in [-0.2, 0) is 14.3 Å². The molecule has 0 aliphatic rings. The van der Waals surface area contributed by atoms with E-state index in [4.69, 9.17) is 9.47 Å². The third-order valence-electron chi connectivity index (χ3n) is 2.20. The predicted octanol–water partition coefficient (Wildman–Crippen LogP) is 2.88. The summed E-state index contributed by atoms with van der Waals surface area (Å²) in [6.07, 6.45) is 0.115. The van der Waals surface area contributed by atoms with Crippen molar-refractivity contribution in [3.8, 4) is 5.75 Å². The monoisotopic (exact) mass is 332 g/mol. The quantitative estimate of drug-likeness (QED) is 0.720. The van der Waals surface area contributed by atoms with Crippen LogP contribution in [0.15, 0.2) is 22.7 Å². The van der Waals surface area contributed by atoms with Crippen molar-refractivity contribution in [3.05, 3.63) is 28.5 Å². The fourth-order valence-electron chi connectivity index (χ4n) is 1.28. The molecule has 0 atom stereocenters. The highest BCUT2D eigenvalue weighted by atomic mass is 79.9. The van der Waals surface area contributed by atoms with Crippen molar-refractivity contribution >= 4 is 27.7 Å². The van der Waals surface area contributed by atoms with Crippen LogP contribution in [0.4, 0.5) is 4.39 Å². The van der Waals surface area contributed by atoms with Crippen molar-refractivity contribution in [3.63, 3.8) is 0 Å². The minimum Gasteiger partial charge on any atom is -0.486 e. The molecule has 6 heteroatoms. The summed E-state index contributed by atoms with van der Waals surface area (Å²) < 4.78 is 23.1. The Hall–Kier alpha value is -1.43. The summed E-state index contributed by atoms with van der Waals surface area (Å²) in [4.78, 5) is 22.5. The molecule has 0 aliphatic heterocycles. The Morgan fingerprint density at radius 2 is 2.05 bits per heavy atom. The van der Waals surface area contributed by atoms with Gasteiger partial charge in [0.25, 0.3) is 0 Å². The van der Waals surface area contributed by atoms with E-state index in [2.05, 4.69) is 15.9 Å². The lowest BCUT2D eigenvalue weighted by Crippen LogP contribution is -2.14. The van der Waals surface area contributed by atoms with Crippen LogP contribution < -0.4 is 4.74 Å². The number of rotatable bonds is 7. The highest BCUT2D eigenvalue weighted by molar-refractivity contribution is 9.10. The number of halogens is 2. The van der Waals surface area contributed by atoms with E-state index in [0.29, 0.717) is 12.4 Å². The maximum atomic E-state index is 13.0. The van der Waals surface area contributed by atoms with Crippen LogP contribution in [0.5, 0.6) is 5.75 Å². The number of Topliss-reactive ketones (excluding diaryl/α,β-unsaturated/α-hetero) is 1. The Kier molecular flexibility index (Phi) is 6.49. The first kappa shape index (κ1) is 15.6. The standard InChI is InChI=1S/C13H14BrFO4/c1-2-18-13(17)6-3-9(16)8-19-10-4-5-12(15)11(14)7-10/h4-5,7H,2-3,6,8H2,1H3. The van der Waals surface area contributed by atoms with Crippen molar-refractivity contribution in [1.29, 1.82) is 0 Å². The van der Waals surface area contributed by atoms with Crippen molar-refractivity contribution in [2.45, 2.75) is 19.8 Å². The normalized spacial score (nSPS) is 10.1. The number of ketones is 1. The van der Waals surface area contributed by atoms with Crippen LogP contribution in [0.2, 0.25) is 0 Å². The summed E-state index contributed by atoms with van der Waals surface area (Å²) in [6.45, 7) is 1.85. The molecule has 104 valence electrons. The van der Waals surface area contributed by atoms with Gasteiger partial charge in [0.1, 0.15) is 18.2 Å². The number of carbonyl (C=O) groups excluding carboxylic acids is 2. The lowest BCUT2D eigenvalue weighted by atomic mass is 10.2. The second-order valence-electron chi connectivity index (χ2n) is 3.71. The summed E-state index contributed by atoms with van der Waals surface area (Å²) in [5.74, 6) is -0.632. The molecule has 4 nitrogen and oxygen atoms in total. The molecule has 19 heavy (non-hydrogen) atoms. The van der Waals surface area contributed by atoms with E-state index in [-0.39, 0.29) is 29.7 Å². The molecular weight excluding hydrogens is 319 g/mol. The zero-order valence-electron chi connectivity index (χ0n) is 10.4. The molecule has 0 unspecified atom stereocenters. The number of carbonyl (C=O) groups is 2. The number of benzene rings is 1. The van der Waals surface area contributed by atoms with Crippen LogP contribution in [-0.4, -0.2) is 25.0 Å². The van der Waals surface area contributed by atoms with Gasteiger partial charge in [-0.15, -0.1) is 0 Å². The highest BCUT2D eigenvalue weighted by Gasteiger charge is 2.09. The number of hydrogen-bond acceptors (Lipinski definition) is 4. The lowest BCUT2D eigenvalue weighted by molar-refractivity contribution is -0.144. The Labute approximate surface area is 119 Å². The van der Waals surface area contributed by atoms with Gasteiger partial charge in [-0.1, -0.05) is 0 Å². The Balaban J connectivity index is 2.33. The molecule has 1 aromatic rings. The largest absolute Gasteiger partial charge is 0.486 e. The molecule has 0 heterocycles. The van der Waals surface area contributed by atoms with Crippen molar-refractivity contribution in [2.75, 3.05) is 13.2 Å². The zero-order valence-corrected chi connectivity index (χ0v) is 12.0. The summed E-state index contributed by atoms with van der Waals surface area (Å²) in [5.41, 5.74) is 0. The van der Waals surface area contributed by atoms with Gasteiger partial charge in [0, 0.05) is 6.42 Å². The molecule has 1 rings (SSSR count). The smallest absolute Gasteiger partial charge is 0.306 e. The van der Waals surface area contributed by atoms with E-state index >= 15 is 0 Å². The van der Waals surface area contributed by atoms with E-state index in [1.165, 1.54) is 18.2 Å². The molecule has 0 aromatic heterocycles. The number of ether oxygens (including phenoxy) is 2. The van der Waals surface area contributed by atoms with Gasteiger partial charge in [-0.2, -0.15) is 0 Å². The molecule has 0 saturated heterocycles. The van der Waals surface area contributed by atoms with Gasteiger partial charge in [-0.25, -0.2) is 4.39 Å². The third kappa shape index (κ3) is 5.83. The maximum absolute atomic E-state index is 13.0. The van der Waals surface area contributed by atoms with Gasteiger partial charge >= 0.3 is 5.97 Å². The van der Waals surface area contributed by atoms with Gasteiger partial charge in [0.15, 0.2) is 5.78 Å². The van der Waals surface area contributed by atoms with E-state index in [1.807, 2.05) is 0 Å². The molecular formula is C13H14BrFO4. The molecule has 0 saturated carbocycles. The minimum absolute atomic E-state index is 0.0448. The molecule has 0 N–H and O–H groups in total. The summed E-state index contributed by atoms with van der Waals surface area (Å²) in [5, 5.41) is 0. The molecule has 1 aromatic carbocycles. The molecule has 0 bridgehead atoms. The Morgan fingerprint density at radius 3 is 2.68 bits per heavy atom. The Bertz CT molecular complexity index is 462. The van der Waals surface area contributed by atoms with Crippen molar-refractivity contribution < 1.29 is 23.5 Å².